The van der Waals surface area contributed by atoms with E-state index in [0.29, 0.717) is 43.4 Å². The van der Waals surface area contributed by atoms with Crippen molar-refractivity contribution >= 4 is 11.6 Å². The Balaban J connectivity index is 1.42. The van der Waals surface area contributed by atoms with E-state index in [2.05, 4.69) is 4.90 Å². The van der Waals surface area contributed by atoms with Crippen molar-refractivity contribution in [1.82, 2.24) is 4.90 Å². The number of carbonyl (C=O) groups excluding carboxylic acids is 1. The van der Waals surface area contributed by atoms with Gasteiger partial charge in [0.25, 0.3) is 5.91 Å². The van der Waals surface area contributed by atoms with E-state index in [4.69, 9.17) is 9.47 Å². The first-order valence-corrected chi connectivity index (χ1v) is 8.43. The van der Waals surface area contributed by atoms with Gasteiger partial charge in [0.15, 0.2) is 11.5 Å². The Labute approximate surface area is 146 Å². The van der Waals surface area contributed by atoms with E-state index in [1.165, 1.54) is 0 Å². The molecule has 1 N–H and O–H groups in total. The van der Waals surface area contributed by atoms with Crippen molar-refractivity contribution in [3.63, 3.8) is 0 Å². The van der Waals surface area contributed by atoms with E-state index in [-0.39, 0.29) is 11.7 Å². The lowest BCUT2D eigenvalue weighted by molar-refractivity contribution is 0.0745. The molecule has 2 aromatic carbocycles. The van der Waals surface area contributed by atoms with Gasteiger partial charge in [0, 0.05) is 37.4 Å². The van der Waals surface area contributed by atoms with Crippen molar-refractivity contribution < 1.29 is 19.4 Å². The standard InChI is InChI=1S/C19H20N2O4/c22-16-4-2-15(3-5-16)20-7-9-21(10-8-20)19(23)14-1-6-17-18(13-14)25-12-11-24-17/h1-6,13,22H,7-12H2. The van der Waals surface area contributed by atoms with E-state index in [1.54, 1.807) is 30.3 Å². The molecule has 0 aromatic heterocycles. The molecule has 2 heterocycles. The Morgan fingerprint density at radius 3 is 2.28 bits per heavy atom. The minimum atomic E-state index is 0.0160. The molecule has 0 saturated carbocycles. The van der Waals surface area contributed by atoms with Crippen LogP contribution in [0.2, 0.25) is 0 Å². The fraction of sp³-hybridized carbons (Fsp3) is 0.316. The number of amides is 1. The third-order valence-electron chi connectivity index (χ3n) is 4.57. The highest BCUT2D eigenvalue weighted by Gasteiger charge is 2.24. The van der Waals surface area contributed by atoms with Gasteiger partial charge in [-0.2, -0.15) is 0 Å². The van der Waals surface area contributed by atoms with Crippen molar-refractivity contribution in [2.24, 2.45) is 0 Å². The van der Waals surface area contributed by atoms with Gasteiger partial charge in [-0.15, -0.1) is 0 Å². The van der Waals surface area contributed by atoms with Gasteiger partial charge >= 0.3 is 0 Å². The number of aromatic hydroxyl groups is 1. The lowest BCUT2D eigenvalue weighted by Gasteiger charge is -2.36. The maximum absolute atomic E-state index is 12.8. The van der Waals surface area contributed by atoms with Gasteiger partial charge in [0.1, 0.15) is 19.0 Å². The highest BCUT2D eigenvalue weighted by Crippen LogP contribution is 2.31. The quantitative estimate of drug-likeness (QED) is 0.907. The SMILES string of the molecule is O=C(c1ccc2c(c1)OCCO2)N1CCN(c2ccc(O)cc2)CC1. The summed E-state index contributed by atoms with van der Waals surface area (Å²) >= 11 is 0. The molecule has 1 fully saturated rings. The lowest BCUT2D eigenvalue weighted by Crippen LogP contribution is -2.48. The van der Waals surface area contributed by atoms with E-state index in [0.717, 1.165) is 18.8 Å². The number of anilines is 1. The van der Waals surface area contributed by atoms with E-state index < -0.39 is 0 Å². The number of carbonyl (C=O) groups is 1. The van der Waals surface area contributed by atoms with Gasteiger partial charge < -0.3 is 24.4 Å². The van der Waals surface area contributed by atoms with Crippen molar-refractivity contribution in [3.05, 3.63) is 48.0 Å². The molecule has 0 atom stereocenters. The third kappa shape index (κ3) is 3.20. The molecule has 1 saturated heterocycles. The summed E-state index contributed by atoms with van der Waals surface area (Å²) in [4.78, 5) is 16.8. The summed E-state index contributed by atoms with van der Waals surface area (Å²) in [6, 6.07) is 12.5. The predicted molar refractivity (Wildman–Crippen MR) is 93.7 cm³/mol. The van der Waals surface area contributed by atoms with Crippen LogP contribution in [0.25, 0.3) is 0 Å². The number of piperazine rings is 1. The molecule has 2 aromatic rings. The molecule has 6 heteroatoms. The maximum atomic E-state index is 12.8. The number of nitrogens with zero attached hydrogens (tertiary/aromatic N) is 2. The second-order valence-corrected chi connectivity index (χ2v) is 6.15. The Hall–Kier alpha value is -2.89. The highest BCUT2D eigenvalue weighted by atomic mass is 16.6. The molecule has 0 radical (unpaired) electrons. The molecule has 0 aliphatic carbocycles. The fourth-order valence-electron chi connectivity index (χ4n) is 3.19. The van der Waals surface area contributed by atoms with Crippen LogP contribution >= 0.6 is 0 Å². The minimum Gasteiger partial charge on any atom is -0.508 e. The average molecular weight is 340 g/mol. The third-order valence-corrected chi connectivity index (χ3v) is 4.57. The van der Waals surface area contributed by atoms with Crippen molar-refractivity contribution in [2.75, 3.05) is 44.3 Å². The van der Waals surface area contributed by atoms with Crippen molar-refractivity contribution in [1.29, 1.82) is 0 Å². The molecule has 1 amide bonds. The van der Waals surface area contributed by atoms with Gasteiger partial charge in [-0.25, -0.2) is 0 Å². The first-order valence-electron chi connectivity index (χ1n) is 8.43. The molecule has 2 aliphatic heterocycles. The highest BCUT2D eigenvalue weighted by molar-refractivity contribution is 5.95. The van der Waals surface area contributed by atoms with Crippen LogP contribution in [0, 0.1) is 0 Å². The van der Waals surface area contributed by atoms with Crippen LogP contribution in [0.4, 0.5) is 5.69 Å². The Morgan fingerprint density at radius 1 is 0.880 bits per heavy atom. The van der Waals surface area contributed by atoms with Gasteiger partial charge in [0.2, 0.25) is 0 Å². The van der Waals surface area contributed by atoms with E-state index >= 15 is 0 Å². The lowest BCUT2D eigenvalue weighted by atomic mass is 10.1. The monoisotopic (exact) mass is 340 g/mol. The van der Waals surface area contributed by atoms with Gasteiger partial charge in [-0.1, -0.05) is 0 Å². The second-order valence-electron chi connectivity index (χ2n) is 6.15. The fourth-order valence-corrected chi connectivity index (χ4v) is 3.19. The zero-order valence-corrected chi connectivity index (χ0v) is 13.9. The number of hydrogen-bond acceptors (Lipinski definition) is 5. The van der Waals surface area contributed by atoms with Crippen LogP contribution in [-0.2, 0) is 0 Å². The molecule has 0 bridgehead atoms. The summed E-state index contributed by atoms with van der Waals surface area (Å²) in [6.45, 7) is 3.90. The summed E-state index contributed by atoms with van der Waals surface area (Å²) in [5, 5.41) is 9.39. The summed E-state index contributed by atoms with van der Waals surface area (Å²) in [5.74, 6) is 1.61. The smallest absolute Gasteiger partial charge is 0.254 e. The first kappa shape index (κ1) is 15.6. The molecular weight excluding hydrogens is 320 g/mol. The van der Waals surface area contributed by atoms with Gasteiger partial charge in [0.05, 0.1) is 0 Å². The first-order chi connectivity index (χ1) is 12.2. The van der Waals surface area contributed by atoms with Crippen LogP contribution < -0.4 is 14.4 Å². The van der Waals surface area contributed by atoms with Crippen molar-refractivity contribution in [2.45, 2.75) is 0 Å². The Kier molecular flexibility index (Phi) is 4.09. The summed E-state index contributed by atoms with van der Waals surface area (Å²) in [5.41, 5.74) is 1.69. The molecule has 4 rings (SSSR count). The molecule has 0 unspecified atom stereocenters. The molecule has 2 aliphatic rings. The summed E-state index contributed by atoms with van der Waals surface area (Å²) in [7, 11) is 0. The maximum Gasteiger partial charge on any atom is 0.254 e. The van der Waals surface area contributed by atoms with Gasteiger partial charge in [-0.3, -0.25) is 4.79 Å². The topological polar surface area (TPSA) is 62.2 Å². The molecule has 0 spiro atoms. The second kappa shape index (κ2) is 6.55. The Morgan fingerprint density at radius 2 is 1.56 bits per heavy atom. The number of phenols is 1. The minimum absolute atomic E-state index is 0.0160. The Bertz CT molecular complexity index is 767. The number of fused-ring (bicyclic) bond motifs is 1. The number of hydrogen-bond donors (Lipinski definition) is 1. The normalized spacial score (nSPS) is 16.6. The zero-order valence-electron chi connectivity index (χ0n) is 13.9. The van der Waals surface area contributed by atoms with Crippen LogP contribution in [0.3, 0.4) is 0 Å². The summed E-state index contributed by atoms with van der Waals surface area (Å²) in [6.07, 6.45) is 0. The van der Waals surface area contributed by atoms with E-state index in [1.807, 2.05) is 17.0 Å². The largest absolute Gasteiger partial charge is 0.508 e. The number of benzene rings is 2. The van der Waals surface area contributed by atoms with Crippen LogP contribution in [0.15, 0.2) is 42.5 Å². The number of phenolic OH excluding ortho intramolecular Hbond substituents is 1. The van der Waals surface area contributed by atoms with Crippen LogP contribution in [-0.4, -0.2) is 55.3 Å². The average Bonchev–Trinajstić information content (AvgIpc) is 2.68. The number of rotatable bonds is 2. The zero-order chi connectivity index (χ0) is 17.2. The van der Waals surface area contributed by atoms with Crippen LogP contribution in [0.5, 0.6) is 17.2 Å². The van der Waals surface area contributed by atoms with Gasteiger partial charge in [-0.05, 0) is 42.5 Å². The number of ether oxygens (including phenoxy) is 2. The van der Waals surface area contributed by atoms with Crippen LogP contribution in [0.1, 0.15) is 10.4 Å². The molecule has 6 nitrogen and oxygen atoms in total. The van der Waals surface area contributed by atoms with Crippen molar-refractivity contribution in [3.8, 4) is 17.2 Å². The molecular formula is C19H20N2O4. The summed E-state index contributed by atoms with van der Waals surface area (Å²) < 4.78 is 11.1. The molecule has 130 valence electrons. The van der Waals surface area contributed by atoms with E-state index in [9.17, 15) is 9.90 Å². The predicted octanol–water partition coefficient (Wildman–Crippen LogP) is 2.13. The molecule has 25 heavy (non-hydrogen) atoms.